The van der Waals surface area contributed by atoms with Gasteiger partial charge in [0.25, 0.3) is 15.9 Å². The van der Waals surface area contributed by atoms with E-state index >= 15 is 0 Å². The Kier molecular flexibility index (Phi) is 5.55. The Bertz CT molecular complexity index is 1270. The molecule has 0 saturated heterocycles. The van der Waals surface area contributed by atoms with Gasteiger partial charge in [0.2, 0.25) is 0 Å². The molecule has 31 heavy (non-hydrogen) atoms. The molecule has 0 aromatic heterocycles. The van der Waals surface area contributed by atoms with Crippen LogP contribution in [0.15, 0.2) is 65.6 Å². The minimum absolute atomic E-state index is 0.0241. The topological polar surface area (TPSA) is 75.7 Å². The maximum Gasteiger partial charge on any atom is 0.264 e. The number of carbonyl (C=O) groups excluding carboxylic acids is 1. The molecule has 1 N–H and O–H groups in total. The highest BCUT2D eigenvalue weighted by atomic mass is 35.5. The Morgan fingerprint density at radius 1 is 1.00 bits per heavy atom. The lowest BCUT2D eigenvalue weighted by atomic mass is 10.1. The van der Waals surface area contributed by atoms with Crippen LogP contribution in [0.25, 0.3) is 0 Å². The number of fused-ring (bicyclic) bond motifs is 1. The summed E-state index contributed by atoms with van der Waals surface area (Å²) in [6, 6.07) is 13.8. The molecule has 4 rings (SSSR count). The van der Waals surface area contributed by atoms with Crippen LogP contribution >= 0.6 is 11.6 Å². The Labute approximate surface area is 182 Å². The van der Waals surface area contributed by atoms with Gasteiger partial charge in [-0.1, -0.05) is 23.7 Å². The third-order valence-corrected chi connectivity index (χ3v) is 6.77. The molecule has 1 aliphatic rings. The number of sulfonamides is 1. The molecule has 160 valence electrons. The Morgan fingerprint density at radius 3 is 2.39 bits per heavy atom. The van der Waals surface area contributed by atoms with E-state index in [2.05, 4.69) is 5.32 Å². The van der Waals surface area contributed by atoms with E-state index in [4.69, 9.17) is 16.3 Å². The molecule has 1 amide bonds. The smallest absolute Gasteiger partial charge is 0.264 e. The molecule has 10 heteroatoms. The quantitative estimate of drug-likeness (QED) is 0.623. The number of benzene rings is 3. The predicted molar refractivity (Wildman–Crippen MR) is 111 cm³/mol. The Morgan fingerprint density at radius 2 is 1.68 bits per heavy atom. The number of hydrogen-bond donors (Lipinski definition) is 1. The van der Waals surface area contributed by atoms with Crippen LogP contribution in [-0.2, 0) is 10.0 Å². The summed E-state index contributed by atoms with van der Waals surface area (Å²) in [6.07, 6.45) is 0. The van der Waals surface area contributed by atoms with Crippen LogP contribution < -0.4 is 14.4 Å². The largest absolute Gasteiger partial charge is 0.456 e. The summed E-state index contributed by atoms with van der Waals surface area (Å²) in [5.74, 6) is -2.42. The van der Waals surface area contributed by atoms with Gasteiger partial charge in [0.15, 0.2) is 11.6 Å². The number of amides is 1. The summed E-state index contributed by atoms with van der Waals surface area (Å²) in [5, 5.41) is 2.87. The van der Waals surface area contributed by atoms with Gasteiger partial charge >= 0.3 is 0 Å². The number of carbonyl (C=O) groups is 1. The Balaban J connectivity index is 1.69. The molecule has 3 aromatic carbocycles. The zero-order chi connectivity index (χ0) is 22.2. The number of rotatable bonds is 4. The summed E-state index contributed by atoms with van der Waals surface area (Å²) in [7, 11) is -4.18. The average molecular weight is 465 g/mol. The predicted octanol–water partition coefficient (Wildman–Crippen LogP) is 4.35. The average Bonchev–Trinajstić information content (AvgIpc) is 2.90. The van der Waals surface area contributed by atoms with Crippen LogP contribution in [0.1, 0.15) is 10.4 Å². The maximum atomic E-state index is 13.9. The molecule has 1 heterocycles. The molecule has 6 nitrogen and oxygen atoms in total. The van der Waals surface area contributed by atoms with Crippen molar-refractivity contribution in [1.82, 2.24) is 5.32 Å². The fourth-order valence-corrected chi connectivity index (χ4v) is 4.77. The molecule has 0 fully saturated rings. The van der Waals surface area contributed by atoms with Gasteiger partial charge in [0.1, 0.15) is 11.5 Å². The van der Waals surface area contributed by atoms with Crippen molar-refractivity contribution in [1.29, 1.82) is 0 Å². The second-order valence-corrected chi connectivity index (χ2v) is 8.89. The van der Waals surface area contributed by atoms with E-state index < -0.39 is 27.6 Å². The lowest BCUT2D eigenvalue weighted by Gasteiger charge is -2.24. The van der Waals surface area contributed by atoms with E-state index in [9.17, 15) is 22.0 Å². The van der Waals surface area contributed by atoms with E-state index in [-0.39, 0.29) is 29.2 Å². The number of anilines is 1. The van der Waals surface area contributed by atoms with Crippen LogP contribution in [0, 0.1) is 11.6 Å². The van der Waals surface area contributed by atoms with Crippen molar-refractivity contribution in [3.8, 4) is 11.5 Å². The van der Waals surface area contributed by atoms with Gasteiger partial charge in [0, 0.05) is 12.6 Å². The van der Waals surface area contributed by atoms with Crippen molar-refractivity contribution < 1.29 is 26.7 Å². The molecule has 1 aliphatic heterocycles. The fraction of sp³-hybridized carbons (Fsp3) is 0.0952. The molecule has 0 atom stereocenters. The van der Waals surface area contributed by atoms with Crippen molar-refractivity contribution in [2.24, 2.45) is 0 Å². The standard InChI is InChI=1S/C21H15ClF2N2O4S/c22-16-3-1-2-4-20(16)30-13-5-7-14(8-6-13)31(28,29)26-10-9-25-21(27)15-11-17(23)18(24)12-19(15)26/h1-8,11-12H,9-10H2,(H,25,27). The van der Waals surface area contributed by atoms with Crippen molar-refractivity contribution in [2.75, 3.05) is 17.4 Å². The first-order valence-corrected chi connectivity index (χ1v) is 10.9. The molecule has 3 aromatic rings. The zero-order valence-corrected chi connectivity index (χ0v) is 17.4. The van der Waals surface area contributed by atoms with Crippen LogP contribution in [0.3, 0.4) is 0 Å². The lowest BCUT2D eigenvalue weighted by Crippen LogP contribution is -2.35. The summed E-state index contributed by atoms with van der Waals surface area (Å²) in [4.78, 5) is 12.1. The maximum absolute atomic E-state index is 13.9. The SMILES string of the molecule is O=C1NCCN(S(=O)(=O)c2ccc(Oc3ccccc3Cl)cc2)c2cc(F)c(F)cc21. The van der Waals surface area contributed by atoms with Crippen molar-refractivity contribution in [3.05, 3.63) is 82.9 Å². The number of nitrogens with one attached hydrogen (secondary N) is 1. The van der Waals surface area contributed by atoms with E-state index in [1.807, 2.05) is 0 Å². The third kappa shape index (κ3) is 4.06. The van der Waals surface area contributed by atoms with Crippen LogP contribution in [0.4, 0.5) is 14.5 Å². The highest BCUT2D eigenvalue weighted by molar-refractivity contribution is 7.92. The van der Waals surface area contributed by atoms with Gasteiger partial charge in [-0.15, -0.1) is 0 Å². The van der Waals surface area contributed by atoms with Crippen LogP contribution in [0.5, 0.6) is 11.5 Å². The number of halogens is 3. The summed E-state index contributed by atoms with van der Waals surface area (Å²) in [5.41, 5.74) is -0.496. The summed E-state index contributed by atoms with van der Waals surface area (Å²) < 4.78 is 60.5. The molecular weight excluding hydrogens is 450 g/mol. The number of hydrogen-bond acceptors (Lipinski definition) is 4. The second kappa shape index (κ2) is 8.16. The fourth-order valence-electron chi connectivity index (χ4n) is 3.12. The van der Waals surface area contributed by atoms with Crippen molar-refractivity contribution in [2.45, 2.75) is 4.90 Å². The molecule has 0 spiro atoms. The molecule has 0 saturated carbocycles. The minimum Gasteiger partial charge on any atom is -0.456 e. The van der Waals surface area contributed by atoms with E-state index in [1.165, 1.54) is 24.3 Å². The third-order valence-electron chi connectivity index (χ3n) is 4.63. The van der Waals surface area contributed by atoms with Gasteiger partial charge in [-0.3, -0.25) is 9.10 Å². The number of para-hydroxylation sites is 1. The summed E-state index contributed by atoms with van der Waals surface area (Å²) in [6.45, 7) is -0.173. The van der Waals surface area contributed by atoms with Crippen molar-refractivity contribution >= 4 is 33.2 Å². The van der Waals surface area contributed by atoms with Crippen LogP contribution in [-0.4, -0.2) is 27.4 Å². The van der Waals surface area contributed by atoms with E-state index in [0.717, 1.165) is 4.31 Å². The zero-order valence-electron chi connectivity index (χ0n) is 15.8. The molecular formula is C21H15ClF2N2O4S. The highest BCUT2D eigenvalue weighted by Crippen LogP contribution is 2.32. The van der Waals surface area contributed by atoms with Gasteiger partial charge in [-0.05, 0) is 42.5 Å². The van der Waals surface area contributed by atoms with Crippen LogP contribution in [0.2, 0.25) is 5.02 Å². The molecule has 0 aliphatic carbocycles. The van der Waals surface area contributed by atoms with Crippen molar-refractivity contribution in [3.63, 3.8) is 0 Å². The second-order valence-electron chi connectivity index (χ2n) is 6.62. The normalized spacial score (nSPS) is 13.9. The summed E-state index contributed by atoms with van der Waals surface area (Å²) >= 11 is 6.06. The first kappa shape index (κ1) is 21.1. The van der Waals surface area contributed by atoms with Gasteiger partial charge in [-0.25, -0.2) is 17.2 Å². The van der Waals surface area contributed by atoms with Gasteiger partial charge in [0.05, 0.1) is 27.7 Å². The molecule has 0 radical (unpaired) electrons. The Hall–Kier alpha value is -3.17. The number of nitrogens with zero attached hydrogens (tertiary/aromatic N) is 1. The minimum atomic E-state index is -4.18. The first-order valence-electron chi connectivity index (χ1n) is 9.10. The van der Waals surface area contributed by atoms with E-state index in [0.29, 0.717) is 28.7 Å². The lowest BCUT2D eigenvalue weighted by molar-refractivity contribution is 0.0957. The van der Waals surface area contributed by atoms with Gasteiger partial charge < -0.3 is 10.1 Å². The molecule has 0 unspecified atom stereocenters. The van der Waals surface area contributed by atoms with Gasteiger partial charge in [-0.2, -0.15) is 0 Å². The molecule has 0 bridgehead atoms. The van der Waals surface area contributed by atoms with E-state index in [1.54, 1.807) is 24.3 Å². The monoisotopic (exact) mass is 464 g/mol. The number of ether oxygens (including phenoxy) is 1. The first-order chi connectivity index (χ1) is 14.8. The highest BCUT2D eigenvalue weighted by Gasteiger charge is 2.32.